The van der Waals surface area contributed by atoms with E-state index in [0.29, 0.717) is 25.6 Å². The van der Waals surface area contributed by atoms with Gasteiger partial charge in [0.1, 0.15) is 18.2 Å². The van der Waals surface area contributed by atoms with Crippen LogP contribution in [0.4, 0.5) is 5.82 Å². The summed E-state index contributed by atoms with van der Waals surface area (Å²) in [6.07, 6.45) is 4.14. The van der Waals surface area contributed by atoms with E-state index in [0.717, 1.165) is 65.7 Å². The van der Waals surface area contributed by atoms with Gasteiger partial charge in [-0.2, -0.15) is 5.26 Å². The van der Waals surface area contributed by atoms with Crippen LogP contribution < -0.4 is 9.64 Å². The Bertz CT molecular complexity index is 1260. The van der Waals surface area contributed by atoms with E-state index in [1.54, 1.807) is 0 Å². The van der Waals surface area contributed by atoms with Gasteiger partial charge in [-0.25, -0.2) is 9.97 Å². The lowest BCUT2D eigenvalue weighted by Gasteiger charge is -2.34. The minimum Gasteiger partial charge on any atom is -0.488 e. The molecule has 6 nitrogen and oxygen atoms in total. The lowest BCUT2D eigenvalue weighted by atomic mass is 9.96. The monoisotopic (exact) mass is 497 g/mol. The molecule has 3 aromatic rings. The minimum atomic E-state index is 0.401. The summed E-state index contributed by atoms with van der Waals surface area (Å²) in [7, 11) is 0. The zero-order valence-corrected chi connectivity index (χ0v) is 23.1. The molecule has 1 aliphatic rings. The van der Waals surface area contributed by atoms with Crippen LogP contribution in [0.3, 0.4) is 0 Å². The standard InChI is InChI=1S/C31H39N5O/c1-7-24-10-9-11-25(8-2)29(24)30-33-23(6)27(31(34-30)36-16-14-35(20-32)15-17-36)19-37-28-18-26(21(3)4)13-12-22(28)5/h9-13,18,21H,7-8,14-17,19H2,1-6H3. The molecular weight excluding hydrogens is 458 g/mol. The Balaban J connectivity index is 1.77. The molecule has 194 valence electrons. The Morgan fingerprint density at radius 3 is 2.24 bits per heavy atom. The fourth-order valence-electron chi connectivity index (χ4n) is 4.95. The third kappa shape index (κ3) is 5.72. The predicted octanol–water partition coefficient (Wildman–Crippen LogP) is 6.19. The number of nitriles is 1. The average molecular weight is 498 g/mol. The largest absolute Gasteiger partial charge is 0.488 e. The van der Waals surface area contributed by atoms with E-state index < -0.39 is 0 Å². The second kappa shape index (κ2) is 11.6. The number of hydrogen-bond acceptors (Lipinski definition) is 6. The summed E-state index contributed by atoms with van der Waals surface area (Å²) in [5, 5.41) is 9.36. The van der Waals surface area contributed by atoms with Gasteiger partial charge in [0, 0.05) is 31.7 Å². The first-order valence-corrected chi connectivity index (χ1v) is 13.5. The van der Waals surface area contributed by atoms with E-state index in [1.807, 2.05) is 4.90 Å². The molecule has 1 fully saturated rings. The summed E-state index contributed by atoms with van der Waals surface area (Å²) in [6, 6.07) is 13.0. The molecule has 0 radical (unpaired) electrons. The number of ether oxygens (including phenoxy) is 1. The van der Waals surface area contributed by atoms with Crippen LogP contribution in [-0.4, -0.2) is 41.0 Å². The third-order valence-corrected chi connectivity index (χ3v) is 7.39. The Morgan fingerprint density at radius 1 is 0.973 bits per heavy atom. The summed E-state index contributed by atoms with van der Waals surface area (Å²) in [5.41, 5.74) is 8.02. The van der Waals surface area contributed by atoms with Crippen molar-refractivity contribution in [2.24, 2.45) is 0 Å². The topological polar surface area (TPSA) is 65.3 Å². The van der Waals surface area contributed by atoms with Crippen LogP contribution in [0.25, 0.3) is 11.4 Å². The highest BCUT2D eigenvalue weighted by Crippen LogP contribution is 2.32. The molecule has 1 saturated heterocycles. The van der Waals surface area contributed by atoms with E-state index >= 15 is 0 Å². The van der Waals surface area contributed by atoms with Gasteiger partial charge in [-0.15, -0.1) is 0 Å². The van der Waals surface area contributed by atoms with Gasteiger partial charge in [-0.1, -0.05) is 58.0 Å². The maximum absolute atomic E-state index is 9.36. The van der Waals surface area contributed by atoms with E-state index in [1.165, 1.54) is 16.7 Å². The summed E-state index contributed by atoms with van der Waals surface area (Å²) < 4.78 is 6.43. The van der Waals surface area contributed by atoms with E-state index in [4.69, 9.17) is 14.7 Å². The smallest absolute Gasteiger partial charge is 0.179 e. The summed E-state index contributed by atoms with van der Waals surface area (Å²) in [5.74, 6) is 3.04. The van der Waals surface area contributed by atoms with Crippen molar-refractivity contribution in [3.8, 4) is 23.3 Å². The van der Waals surface area contributed by atoms with Gasteiger partial charge >= 0.3 is 0 Å². The average Bonchev–Trinajstić information content (AvgIpc) is 2.92. The van der Waals surface area contributed by atoms with Crippen molar-refractivity contribution >= 4 is 5.82 Å². The lowest BCUT2D eigenvalue weighted by Crippen LogP contribution is -2.45. The number of anilines is 1. The third-order valence-electron chi connectivity index (χ3n) is 7.39. The fourth-order valence-corrected chi connectivity index (χ4v) is 4.95. The molecule has 37 heavy (non-hydrogen) atoms. The highest BCUT2D eigenvalue weighted by molar-refractivity contribution is 5.68. The molecule has 2 aromatic carbocycles. The molecule has 0 atom stereocenters. The SMILES string of the molecule is CCc1cccc(CC)c1-c1nc(C)c(COc2cc(C(C)C)ccc2C)c(N2CCN(C#N)CC2)n1. The molecule has 0 spiro atoms. The molecular formula is C31H39N5O. The van der Waals surface area contributed by atoms with Gasteiger partial charge in [-0.3, -0.25) is 0 Å². The van der Waals surface area contributed by atoms with Crippen molar-refractivity contribution in [3.05, 3.63) is 69.9 Å². The molecule has 0 saturated carbocycles. The Morgan fingerprint density at radius 2 is 1.65 bits per heavy atom. The van der Waals surface area contributed by atoms with E-state index in [2.05, 4.69) is 89.0 Å². The van der Waals surface area contributed by atoms with Crippen molar-refractivity contribution < 1.29 is 4.74 Å². The fraction of sp³-hybridized carbons (Fsp3) is 0.452. The number of rotatable bonds is 8. The molecule has 1 aliphatic heterocycles. The second-order valence-electron chi connectivity index (χ2n) is 10.1. The van der Waals surface area contributed by atoms with Gasteiger partial charge in [0.2, 0.25) is 0 Å². The summed E-state index contributed by atoms with van der Waals surface area (Å²) in [6.45, 7) is 16.2. The maximum atomic E-state index is 9.36. The maximum Gasteiger partial charge on any atom is 0.179 e. The van der Waals surface area contributed by atoms with Crippen LogP contribution in [0, 0.1) is 25.3 Å². The quantitative estimate of drug-likeness (QED) is 0.346. The summed E-state index contributed by atoms with van der Waals surface area (Å²) in [4.78, 5) is 14.4. The number of benzene rings is 2. The molecule has 1 aromatic heterocycles. The molecule has 0 N–H and O–H groups in total. The Kier molecular flexibility index (Phi) is 8.33. The molecule has 4 rings (SSSR count). The van der Waals surface area contributed by atoms with Crippen molar-refractivity contribution in [3.63, 3.8) is 0 Å². The first kappa shape index (κ1) is 26.5. The number of piperazine rings is 1. The highest BCUT2D eigenvalue weighted by atomic mass is 16.5. The van der Waals surface area contributed by atoms with Crippen LogP contribution in [0.5, 0.6) is 5.75 Å². The number of hydrogen-bond donors (Lipinski definition) is 0. The van der Waals surface area contributed by atoms with Gasteiger partial charge in [0.05, 0.1) is 11.3 Å². The first-order valence-electron chi connectivity index (χ1n) is 13.5. The second-order valence-corrected chi connectivity index (χ2v) is 10.1. The predicted molar refractivity (Wildman–Crippen MR) is 150 cm³/mol. The molecule has 0 unspecified atom stereocenters. The van der Waals surface area contributed by atoms with Gasteiger partial charge in [0.25, 0.3) is 0 Å². The van der Waals surface area contributed by atoms with Gasteiger partial charge < -0.3 is 14.5 Å². The van der Waals surface area contributed by atoms with Crippen LogP contribution in [0.2, 0.25) is 0 Å². The molecule has 2 heterocycles. The number of aromatic nitrogens is 2. The highest BCUT2D eigenvalue weighted by Gasteiger charge is 2.24. The number of nitrogens with zero attached hydrogens (tertiary/aromatic N) is 5. The van der Waals surface area contributed by atoms with Crippen LogP contribution in [0.1, 0.15) is 67.1 Å². The molecule has 6 heteroatoms. The van der Waals surface area contributed by atoms with Crippen LogP contribution in [-0.2, 0) is 19.4 Å². The molecule has 0 aliphatic carbocycles. The van der Waals surface area contributed by atoms with Crippen molar-refractivity contribution in [1.29, 1.82) is 5.26 Å². The van der Waals surface area contributed by atoms with Crippen LogP contribution >= 0.6 is 0 Å². The van der Waals surface area contributed by atoms with Gasteiger partial charge in [0.15, 0.2) is 12.0 Å². The minimum absolute atomic E-state index is 0.401. The Labute approximate surface area is 221 Å². The van der Waals surface area contributed by atoms with Gasteiger partial charge in [-0.05, 0) is 60.9 Å². The lowest BCUT2D eigenvalue weighted by molar-refractivity contribution is 0.300. The Hall–Kier alpha value is -3.59. The summed E-state index contributed by atoms with van der Waals surface area (Å²) >= 11 is 0. The van der Waals surface area contributed by atoms with E-state index in [-0.39, 0.29) is 0 Å². The molecule has 0 bridgehead atoms. The molecule has 0 amide bonds. The van der Waals surface area contributed by atoms with Crippen molar-refractivity contribution in [2.75, 3.05) is 31.1 Å². The van der Waals surface area contributed by atoms with Crippen molar-refractivity contribution in [1.82, 2.24) is 14.9 Å². The van der Waals surface area contributed by atoms with Crippen LogP contribution in [0.15, 0.2) is 36.4 Å². The van der Waals surface area contributed by atoms with E-state index in [9.17, 15) is 5.26 Å². The normalized spacial score (nSPS) is 13.7. The number of aryl methyl sites for hydroxylation is 4. The van der Waals surface area contributed by atoms with Crippen molar-refractivity contribution in [2.45, 2.75) is 66.9 Å². The first-order chi connectivity index (χ1) is 17.9. The zero-order valence-electron chi connectivity index (χ0n) is 23.1. The zero-order chi connectivity index (χ0) is 26.5.